The van der Waals surface area contributed by atoms with E-state index < -0.39 is 12.8 Å². The zero-order valence-corrected chi connectivity index (χ0v) is 15.2. The largest absolute Gasteiger partial charge is 0.468 e. The van der Waals surface area contributed by atoms with Gasteiger partial charge < -0.3 is 15.4 Å². The highest BCUT2D eigenvalue weighted by molar-refractivity contribution is 7.11. The van der Waals surface area contributed by atoms with E-state index in [2.05, 4.69) is 30.3 Å². The van der Waals surface area contributed by atoms with Crippen LogP contribution in [-0.2, 0) is 13.0 Å². The summed E-state index contributed by atoms with van der Waals surface area (Å²) in [6, 6.07) is 3.16. The van der Waals surface area contributed by atoms with Gasteiger partial charge in [0.1, 0.15) is 0 Å². The molecule has 0 atom stereocenters. The van der Waals surface area contributed by atoms with Gasteiger partial charge in [-0.2, -0.15) is 13.2 Å². The molecule has 0 aliphatic rings. The van der Waals surface area contributed by atoms with E-state index in [1.807, 2.05) is 13.1 Å². The van der Waals surface area contributed by atoms with E-state index in [0.29, 0.717) is 19.0 Å². The summed E-state index contributed by atoms with van der Waals surface area (Å²) >= 11 is 1.65. The van der Waals surface area contributed by atoms with E-state index in [9.17, 15) is 13.2 Å². The van der Waals surface area contributed by atoms with E-state index in [-0.39, 0.29) is 5.88 Å². The van der Waals surface area contributed by atoms with Crippen molar-refractivity contribution in [3.8, 4) is 5.88 Å². The summed E-state index contributed by atoms with van der Waals surface area (Å²) in [5, 5.41) is 7.31. The zero-order chi connectivity index (χ0) is 19.0. The minimum atomic E-state index is -4.39. The first kappa shape index (κ1) is 20.0. The fraction of sp³-hybridized carbons (Fsp3) is 0.438. The number of hydrogen-bond acceptors (Lipinski definition) is 5. The fourth-order valence-electron chi connectivity index (χ4n) is 2.01. The summed E-state index contributed by atoms with van der Waals surface area (Å²) in [6.45, 7) is 1.69. The third kappa shape index (κ3) is 7.26. The molecule has 6 nitrogen and oxygen atoms in total. The van der Waals surface area contributed by atoms with Crippen molar-refractivity contribution >= 4 is 17.3 Å². The average molecular weight is 387 g/mol. The SMILES string of the molecule is CN=C(NCCc1ncc(C)s1)NCc1ccnc(OCC(F)(F)F)c1. The van der Waals surface area contributed by atoms with Crippen molar-refractivity contribution in [2.24, 2.45) is 4.99 Å². The van der Waals surface area contributed by atoms with Crippen LogP contribution in [0.5, 0.6) is 5.88 Å². The quantitative estimate of drug-likeness (QED) is 0.565. The van der Waals surface area contributed by atoms with Gasteiger partial charge in [0.2, 0.25) is 5.88 Å². The van der Waals surface area contributed by atoms with Gasteiger partial charge in [-0.15, -0.1) is 11.3 Å². The van der Waals surface area contributed by atoms with E-state index in [4.69, 9.17) is 0 Å². The molecule has 0 saturated carbocycles. The van der Waals surface area contributed by atoms with Crippen LogP contribution in [0, 0.1) is 6.92 Å². The smallest absolute Gasteiger partial charge is 0.422 e. The Morgan fingerprint density at radius 2 is 2.12 bits per heavy atom. The lowest BCUT2D eigenvalue weighted by atomic mass is 10.2. The van der Waals surface area contributed by atoms with E-state index in [1.54, 1.807) is 24.5 Å². The minimum absolute atomic E-state index is 0.0660. The highest BCUT2D eigenvalue weighted by Gasteiger charge is 2.28. The van der Waals surface area contributed by atoms with Crippen molar-refractivity contribution in [2.45, 2.75) is 26.1 Å². The van der Waals surface area contributed by atoms with Crippen LogP contribution in [0.15, 0.2) is 29.5 Å². The third-order valence-corrected chi connectivity index (χ3v) is 4.14. The van der Waals surface area contributed by atoms with Gasteiger partial charge in [-0.25, -0.2) is 9.97 Å². The number of nitrogens with zero attached hydrogens (tertiary/aromatic N) is 3. The van der Waals surface area contributed by atoms with E-state index in [1.165, 1.54) is 17.1 Å². The standard InChI is InChI=1S/C16H20F3N5OS/c1-11-8-23-14(26-11)4-6-22-15(20-2)24-9-12-3-5-21-13(7-12)25-10-16(17,18)19/h3,5,7-8H,4,6,9-10H2,1-2H3,(H2,20,22,24). The molecule has 2 aromatic rings. The van der Waals surface area contributed by atoms with Gasteiger partial charge in [0.25, 0.3) is 0 Å². The second kappa shape index (κ2) is 9.37. The molecule has 0 amide bonds. The van der Waals surface area contributed by atoms with Crippen LogP contribution in [-0.4, -0.2) is 42.3 Å². The maximum Gasteiger partial charge on any atom is 0.422 e. The summed E-state index contributed by atoms with van der Waals surface area (Å²) in [5.74, 6) is 0.525. The molecule has 2 rings (SSSR count). The molecule has 2 heterocycles. The Kier molecular flexibility index (Phi) is 7.19. The Bertz CT molecular complexity index is 733. The Hall–Kier alpha value is -2.36. The molecular weight excluding hydrogens is 367 g/mol. The first-order valence-electron chi connectivity index (χ1n) is 7.86. The molecule has 10 heteroatoms. The maximum atomic E-state index is 12.2. The number of aliphatic imine (C=N–C) groups is 1. The summed E-state index contributed by atoms with van der Waals surface area (Å²) in [7, 11) is 1.65. The number of nitrogens with one attached hydrogen (secondary N) is 2. The number of pyridine rings is 1. The number of guanidine groups is 1. The molecule has 0 unspecified atom stereocenters. The number of ether oxygens (including phenoxy) is 1. The zero-order valence-electron chi connectivity index (χ0n) is 14.4. The van der Waals surface area contributed by atoms with Gasteiger partial charge in [-0.3, -0.25) is 4.99 Å². The summed E-state index contributed by atoms with van der Waals surface area (Å²) in [4.78, 5) is 13.3. The average Bonchev–Trinajstić information content (AvgIpc) is 3.01. The van der Waals surface area contributed by atoms with Gasteiger partial charge in [0.05, 0.1) is 5.01 Å². The number of hydrogen-bond donors (Lipinski definition) is 2. The second-order valence-corrected chi connectivity index (χ2v) is 6.69. The van der Waals surface area contributed by atoms with Crippen molar-refractivity contribution in [3.63, 3.8) is 0 Å². The van der Waals surface area contributed by atoms with Gasteiger partial charge in [0.15, 0.2) is 12.6 Å². The van der Waals surface area contributed by atoms with Crippen LogP contribution in [0.25, 0.3) is 0 Å². The van der Waals surface area contributed by atoms with Crippen LogP contribution in [0.2, 0.25) is 0 Å². The van der Waals surface area contributed by atoms with Crippen molar-refractivity contribution in [2.75, 3.05) is 20.2 Å². The Morgan fingerprint density at radius 1 is 1.31 bits per heavy atom. The van der Waals surface area contributed by atoms with Crippen LogP contribution in [0.4, 0.5) is 13.2 Å². The molecule has 0 aliphatic carbocycles. The molecule has 0 saturated heterocycles. The summed E-state index contributed by atoms with van der Waals surface area (Å²) in [6.07, 6.45) is -0.361. The van der Waals surface area contributed by atoms with Crippen LogP contribution < -0.4 is 15.4 Å². The molecule has 0 aliphatic heterocycles. The number of thiazole rings is 1. The molecule has 0 bridgehead atoms. The number of halogens is 3. The van der Waals surface area contributed by atoms with Crippen LogP contribution >= 0.6 is 11.3 Å². The van der Waals surface area contributed by atoms with Crippen molar-refractivity contribution in [3.05, 3.63) is 40.0 Å². The molecular formula is C16H20F3N5OS. The van der Waals surface area contributed by atoms with E-state index in [0.717, 1.165) is 17.0 Å². The lowest BCUT2D eigenvalue weighted by Crippen LogP contribution is -2.37. The predicted molar refractivity (Wildman–Crippen MR) is 94.5 cm³/mol. The Labute approximate surface area is 153 Å². The van der Waals surface area contributed by atoms with Crippen LogP contribution in [0.1, 0.15) is 15.4 Å². The summed E-state index contributed by atoms with van der Waals surface area (Å²) in [5.41, 5.74) is 0.732. The molecule has 142 valence electrons. The van der Waals surface area contributed by atoms with Gasteiger partial charge in [-0.05, 0) is 18.6 Å². The molecule has 0 fully saturated rings. The lowest BCUT2D eigenvalue weighted by molar-refractivity contribution is -0.154. The van der Waals surface area contributed by atoms with E-state index >= 15 is 0 Å². The highest BCUT2D eigenvalue weighted by atomic mass is 32.1. The fourth-order valence-corrected chi connectivity index (χ4v) is 2.79. The second-order valence-electron chi connectivity index (χ2n) is 5.37. The molecule has 2 N–H and O–H groups in total. The Balaban J connectivity index is 1.78. The number of rotatable bonds is 7. The lowest BCUT2D eigenvalue weighted by Gasteiger charge is -2.12. The topological polar surface area (TPSA) is 71.4 Å². The third-order valence-electron chi connectivity index (χ3n) is 3.17. The molecule has 26 heavy (non-hydrogen) atoms. The molecule has 0 radical (unpaired) electrons. The highest BCUT2D eigenvalue weighted by Crippen LogP contribution is 2.17. The number of alkyl halides is 3. The monoisotopic (exact) mass is 387 g/mol. The van der Waals surface area contributed by atoms with Crippen molar-refractivity contribution < 1.29 is 17.9 Å². The van der Waals surface area contributed by atoms with Crippen LogP contribution in [0.3, 0.4) is 0 Å². The maximum absolute atomic E-state index is 12.2. The van der Waals surface area contributed by atoms with Crippen molar-refractivity contribution in [1.29, 1.82) is 0 Å². The van der Waals surface area contributed by atoms with Gasteiger partial charge >= 0.3 is 6.18 Å². The summed E-state index contributed by atoms with van der Waals surface area (Å²) < 4.78 is 41.2. The number of aromatic nitrogens is 2. The van der Waals surface area contributed by atoms with Crippen molar-refractivity contribution in [1.82, 2.24) is 20.6 Å². The predicted octanol–water partition coefficient (Wildman–Crippen LogP) is 2.70. The minimum Gasteiger partial charge on any atom is -0.468 e. The molecule has 0 spiro atoms. The van der Waals surface area contributed by atoms with Gasteiger partial charge in [-0.1, -0.05) is 0 Å². The molecule has 2 aromatic heterocycles. The van der Waals surface area contributed by atoms with Gasteiger partial charge in [0, 0.05) is 49.9 Å². The number of aryl methyl sites for hydroxylation is 1. The first-order chi connectivity index (χ1) is 12.4. The normalized spacial score (nSPS) is 12.1. The molecule has 0 aromatic carbocycles. The Morgan fingerprint density at radius 3 is 2.77 bits per heavy atom. The first-order valence-corrected chi connectivity index (χ1v) is 8.67.